The fourth-order valence-corrected chi connectivity index (χ4v) is 4.65. The summed E-state index contributed by atoms with van der Waals surface area (Å²) in [5, 5.41) is 0. The van der Waals surface area contributed by atoms with Gasteiger partial charge in [0.15, 0.2) is 0 Å². The van der Waals surface area contributed by atoms with E-state index in [2.05, 4.69) is 20.6 Å². The summed E-state index contributed by atoms with van der Waals surface area (Å²) in [7, 11) is -3.50. The van der Waals surface area contributed by atoms with Crippen LogP contribution in [0.4, 0.5) is 5.69 Å². The molecule has 5 rings (SSSR count). The van der Waals surface area contributed by atoms with Gasteiger partial charge in [-0.3, -0.25) is 20.2 Å². The molecule has 0 atom stereocenters. The Kier molecular flexibility index (Phi) is 5.12. The zero-order chi connectivity index (χ0) is 22.1. The minimum absolute atomic E-state index is 0.0518. The van der Waals surface area contributed by atoms with Crippen LogP contribution in [-0.2, 0) is 10.0 Å². The van der Waals surface area contributed by atoms with Crippen molar-refractivity contribution in [2.45, 2.75) is 23.8 Å². The van der Waals surface area contributed by atoms with E-state index in [1.54, 1.807) is 30.6 Å². The molecule has 0 saturated heterocycles. The van der Waals surface area contributed by atoms with Gasteiger partial charge in [-0.15, -0.1) is 0 Å². The quantitative estimate of drug-likeness (QED) is 0.377. The molecule has 0 bridgehead atoms. The van der Waals surface area contributed by atoms with Crippen molar-refractivity contribution in [2.24, 2.45) is 0 Å². The van der Waals surface area contributed by atoms with Gasteiger partial charge in [-0.25, -0.2) is 18.1 Å². The highest BCUT2D eigenvalue weighted by Gasteiger charge is 2.27. The first-order chi connectivity index (χ1) is 15.5. The molecule has 4 aromatic rings. The topological polar surface area (TPSA) is 105 Å². The largest absolute Gasteiger partial charge is 0.299 e. The molecular weight excluding hydrogens is 426 g/mol. The zero-order valence-corrected chi connectivity index (χ0v) is 17.8. The van der Waals surface area contributed by atoms with Gasteiger partial charge in [-0.1, -0.05) is 12.1 Å². The Labute approximate surface area is 185 Å². The lowest BCUT2D eigenvalue weighted by Crippen LogP contribution is -2.29. The number of anilines is 1. The Morgan fingerprint density at radius 1 is 0.938 bits per heavy atom. The highest BCUT2D eigenvalue weighted by molar-refractivity contribution is 7.89. The van der Waals surface area contributed by atoms with E-state index in [0.29, 0.717) is 11.3 Å². The summed E-state index contributed by atoms with van der Waals surface area (Å²) < 4.78 is 29.0. The smallest absolute Gasteiger partial charge is 0.269 e. The maximum atomic E-state index is 12.5. The third-order valence-electron chi connectivity index (χ3n) is 5.25. The van der Waals surface area contributed by atoms with E-state index >= 15 is 0 Å². The molecule has 9 heteroatoms. The fourth-order valence-electron chi connectivity index (χ4n) is 3.35. The van der Waals surface area contributed by atoms with E-state index in [1.807, 2.05) is 41.0 Å². The summed E-state index contributed by atoms with van der Waals surface area (Å²) in [6, 6.07) is 21.3. The monoisotopic (exact) mass is 447 g/mol. The van der Waals surface area contributed by atoms with Crippen LogP contribution < -0.4 is 15.6 Å². The molecule has 3 aromatic carbocycles. The second-order valence-corrected chi connectivity index (χ2v) is 9.36. The average Bonchev–Trinajstić information content (AvgIpc) is 3.51. The van der Waals surface area contributed by atoms with Crippen LogP contribution >= 0.6 is 0 Å². The van der Waals surface area contributed by atoms with E-state index in [9.17, 15) is 13.2 Å². The number of carbonyl (C=O) groups is 1. The Bertz CT molecular complexity index is 1380. The van der Waals surface area contributed by atoms with E-state index in [1.165, 1.54) is 12.1 Å². The maximum Gasteiger partial charge on any atom is 0.269 e. The van der Waals surface area contributed by atoms with Crippen LogP contribution in [0.25, 0.3) is 16.7 Å². The molecule has 1 aliphatic rings. The number of benzene rings is 3. The Hall–Kier alpha value is -3.69. The van der Waals surface area contributed by atoms with E-state index in [4.69, 9.17) is 0 Å². The lowest BCUT2D eigenvalue weighted by molar-refractivity contribution is 0.0962. The first kappa shape index (κ1) is 20.2. The number of hydrogen-bond donors (Lipinski definition) is 3. The number of nitrogens with one attached hydrogen (secondary N) is 3. The molecule has 0 unspecified atom stereocenters. The molecule has 3 N–H and O–H groups in total. The summed E-state index contributed by atoms with van der Waals surface area (Å²) in [6.45, 7) is 0. The van der Waals surface area contributed by atoms with E-state index in [-0.39, 0.29) is 16.8 Å². The van der Waals surface area contributed by atoms with Crippen LogP contribution in [0, 0.1) is 0 Å². The maximum absolute atomic E-state index is 12.5. The SMILES string of the molecule is O=C(NNc1ccc(S(=O)(=O)NC2CC2)cc1)c1ccc(-n2cnc3ccccc32)cc1. The summed E-state index contributed by atoms with van der Waals surface area (Å²) >= 11 is 0. The van der Waals surface area contributed by atoms with Gasteiger partial charge in [-0.05, 0) is 73.5 Å². The number of sulfonamides is 1. The standard InChI is InChI=1S/C23H21N5O3S/c29-23(26-25-17-9-13-20(14-10-17)32(30,31)27-18-7-8-18)16-5-11-19(12-6-16)28-15-24-21-3-1-2-4-22(21)28/h1-6,9-15,18,25,27H,7-8H2,(H,26,29). The van der Waals surface area contributed by atoms with Crippen LogP contribution in [-0.4, -0.2) is 29.9 Å². The molecule has 32 heavy (non-hydrogen) atoms. The van der Waals surface area contributed by atoms with E-state index in [0.717, 1.165) is 29.6 Å². The van der Waals surface area contributed by atoms with Gasteiger partial charge in [0.1, 0.15) is 6.33 Å². The molecule has 8 nitrogen and oxygen atoms in total. The Balaban J connectivity index is 1.22. The number of rotatable bonds is 7. The second kappa shape index (κ2) is 8.10. The van der Waals surface area contributed by atoms with Crippen LogP contribution in [0.2, 0.25) is 0 Å². The van der Waals surface area contributed by atoms with Gasteiger partial charge in [0.25, 0.3) is 5.91 Å². The van der Waals surface area contributed by atoms with Gasteiger partial charge in [-0.2, -0.15) is 0 Å². The predicted octanol–water partition coefficient (Wildman–Crippen LogP) is 3.22. The van der Waals surface area contributed by atoms with E-state index < -0.39 is 10.0 Å². The van der Waals surface area contributed by atoms with Crippen LogP contribution in [0.5, 0.6) is 0 Å². The number of amides is 1. The van der Waals surface area contributed by atoms with Gasteiger partial charge >= 0.3 is 0 Å². The highest BCUT2D eigenvalue weighted by atomic mass is 32.2. The predicted molar refractivity (Wildman–Crippen MR) is 122 cm³/mol. The highest BCUT2D eigenvalue weighted by Crippen LogP contribution is 2.23. The second-order valence-electron chi connectivity index (χ2n) is 7.65. The normalized spacial score (nSPS) is 13.8. The third-order valence-corrected chi connectivity index (χ3v) is 6.78. The molecule has 162 valence electrons. The van der Waals surface area contributed by atoms with Crippen molar-refractivity contribution in [2.75, 3.05) is 5.43 Å². The molecule has 1 heterocycles. The molecular formula is C23H21N5O3S. The minimum atomic E-state index is -3.50. The number of para-hydroxylation sites is 2. The lowest BCUT2D eigenvalue weighted by Gasteiger charge is -2.11. The lowest BCUT2D eigenvalue weighted by atomic mass is 10.2. The number of imidazole rings is 1. The van der Waals surface area contributed by atoms with Crippen LogP contribution in [0.15, 0.2) is 84.0 Å². The number of nitrogens with zero attached hydrogens (tertiary/aromatic N) is 2. The summed E-state index contributed by atoms with van der Waals surface area (Å²) in [5.74, 6) is -0.306. The van der Waals surface area contributed by atoms with Crippen molar-refractivity contribution in [3.8, 4) is 5.69 Å². The number of hydrazine groups is 1. The van der Waals surface area contributed by atoms with Crippen molar-refractivity contribution >= 4 is 32.7 Å². The molecule has 1 saturated carbocycles. The molecule has 1 aromatic heterocycles. The third kappa shape index (κ3) is 4.20. The average molecular weight is 448 g/mol. The molecule has 1 fully saturated rings. The Morgan fingerprint density at radius 2 is 1.66 bits per heavy atom. The van der Waals surface area contributed by atoms with Crippen molar-refractivity contribution in [3.05, 3.63) is 84.7 Å². The van der Waals surface area contributed by atoms with Crippen molar-refractivity contribution in [1.29, 1.82) is 0 Å². The first-order valence-electron chi connectivity index (χ1n) is 10.2. The van der Waals surface area contributed by atoms with Crippen LogP contribution in [0.1, 0.15) is 23.2 Å². The number of hydrogen-bond acceptors (Lipinski definition) is 5. The minimum Gasteiger partial charge on any atom is -0.299 e. The Morgan fingerprint density at radius 3 is 2.38 bits per heavy atom. The first-order valence-corrected chi connectivity index (χ1v) is 11.7. The van der Waals surface area contributed by atoms with Gasteiger partial charge in [0.2, 0.25) is 10.0 Å². The van der Waals surface area contributed by atoms with Crippen molar-refractivity contribution in [1.82, 2.24) is 19.7 Å². The van der Waals surface area contributed by atoms with Gasteiger partial charge in [0.05, 0.1) is 21.6 Å². The van der Waals surface area contributed by atoms with Crippen LogP contribution in [0.3, 0.4) is 0 Å². The fraction of sp³-hybridized carbons (Fsp3) is 0.130. The molecule has 0 spiro atoms. The zero-order valence-electron chi connectivity index (χ0n) is 17.0. The summed E-state index contributed by atoms with van der Waals surface area (Å²) in [5.41, 5.74) is 9.29. The molecule has 1 aliphatic carbocycles. The molecule has 0 aliphatic heterocycles. The van der Waals surface area contributed by atoms with Gasteiger partial charge in [0, 0.05) is 17.3 Å². The van der Waals surface area contributed by atoms with Crippen molar-refractivity contribution < 1.29 is 13.2 Å². The number of carbonyl (C=O) groups excluding carboxylic acids is 1. The number of fused-ring (bicyclic) bond motifs is 1. The molecule has 0 radical (unpaired) electrons. The summed E-state index contributed by atoms with van der Waals surface area (Å²) in [4.78, 5) is 17.1. The number of aromatic nitrogens is 2. The van der Waals surface area contributed by atoms with Crippen molar-refractivity contribution in [3.63, 3.8) is 0 Å². The van der Waals surface area contributed by atoms with Gasteiger partial charge < -0.3 is 0 Å². The summed E-state index contributed by atoms with van der Waals surface area (Å²) in [6.07, 6.45) is 3.51. The molecule has 1 amide bonds.